The number of ketones is 1. The summed E-state index contributed by atoms with van der Waals surface area (Å²) in [4.78, 5) is 37.6. The molecule has 1 aliphatic carbocycles. The van der Waals surface area contributed by atoms with Gasteiger partial charge in [-0.1, -0.05) is 43.7 Å². The fourth-order valence-electron chi connectivity index (χ4n) is 3.13. The van der Waals surface area contributed by atoms with Crippen molar-refractivity contribution in [1.82, 2.24) is 4.90 Å². The van der Waals surface area contributed by atoms with E-state index in [4.69, 9.17) is 0 Å². The monoisotopic (exact) mass is 271 g/mol. The molecule has 4 heteroatoms. The van der Waals surface area contributed by atoms with Gasteiger partial charge in [0.1, 0.15) is 0 Å². The maximum absolute atomic E-state index is 12.1. The van der Waals surface area contributed by atoms with Crippen molar-refractivity contribution in [2.45, 2.75) is 20.8 Å². The molecule has 2 aliphatic rings. The van der Waals surface area contributed by atoms with Crippen LogP contribution in [0.15, 0.2) is 24.3 Å². The average molecular weight is 271 g/mol. The number of amides is 2. The molecule has 2 unspecified atom stereocenters. The Kier molecular flexibility index (Phi) is 2.61. The van der Waals surface area contributed by atoms with Crippen LogP contribution in [0.2, 0.25) is 0 Å². The van der Waals surface area contributed by atoms with Crippen molar-refractivity contribution in [3.63, 3.8) is 0 Å². The molecular formula is C16H17NO3. The third-order valence-corrected chi connectivity index (χ3v) is 4.57. The molecule has 0 aromatic heterocycles. The van der Waals surface area contributed by atoms with Crippen LogP contribution < -0.4 is 0 Å². The van der Waals surface area contributed by atoms with Crippen LogP contribution in [0.1, 0.15) is 29.8 Å². The SMILES string of the molecule is Cc1ccc(C(=O)CN2C(=O)C3C(C2=O)C3(C)C)cc1. The molecule has 0 bridgehead atoms. The smallest absolute Gasteiger partial charge is 0.234 e. The van der Waals surface area contributed by atoms with Crippen LogP contribution in [-0.4, -0.2) is 29.0 Å². The highest BCUT2D eigenvalue weighted by Gasteiger charge is 2.72. The summed E-state index contributed by atoms with van der Waals surface area (Å²) in [5.41, 5.74) is 1.38. The highest BCUT2D eigenvalue weighted by Crippen LogP contribution is 2.63. The van der Waals surface area contributed by atoms with Crippen LogP contribution in [0.5, 0.6) is 0 Å². The lowest BCUT2D eigenvalue weighted by Gasteiger charge is -2.19. The Hall–Kier alpha value is -1.97. The molecule has 1 aromatic carbocycles. The van der Waals surface area contributed by atoms with Gasteiger partial charge in [0, 0.05) is 5.56 Å². The topological polar surface area (TPSA) is 54.5 Å². The molecule has 1 saturated heterocycles. The minimum absolute atomic E-state index is 0.135. The molecule has 1 aromatic rings. The summed E-state index contributed by atoms with van der Waals surface area (Å²) in [5.74, 6) is -1.01. The second-order valence-corrected chi connectivity index (χ2v) is 6.33. The fraction of sp³-hybridized carbons (Fsp3) is 0.438. The van der Waals surface area contributed by atoms with E-state index >= 15 is 0 Å². The number of hydrogen-bond donors (Lipinski definition) is 0. The number of rotatable bonds is 3. The molecule has 4 nitrogen and oxygen atoms in total. The van der Waals surface area contributed by atoms with E-state index in [2.05, 4.69) is 0 Å². The fourth-order valence-corrected chi connectivity index (χ4v) is 3.13. The number of Topliss-reactive ketones (excluding diaryl/α,β-unsaturated/α-hetero) is 1. The van der Waals surface area contributed by atoms with Crippen molar-refractivity contribution in [2.75, 3.05) is 6.54 Å². The third kappa shape index (κ3) is 1.71. The number of carbonyl (C=O) groups is 3. The predicted octanol–water partition coefficient (Wildman–Crippen LogP) is 1.82. The van der Waals surface area contributed by atoms with Gasteiger partial charge < -0.3 is 0 Å². The number of piperidine rings is 1. The molecule has 1 heterocycles. The summed E-state index contributed by atoms with van der Waals surface area (Å²) in [7, 11) is 0. The number of carbonyl (C=O) groups excluding carboxylic acids is 3. The number of imide groups is 1. The molecule has 0 radical (unpaired) electrons. The van der Waals surface area contributed by atoms with Crippen LogP contribution in [0.4, 0.5) is 0 Å². The van der Waals surface area contributed by atoms with E-state index in [-0.39, 0.29) is 41.4 Å². The van der Waals surface area contributed by atoms with E-state index < -0.39 is 0 Å². The van der Waals surface area contributed by atoms with Gasteiger partial charge in [-0.15, -0.1) is 0 Å². The first-order valence-electron chi connectivity index (χ1n) is 6.79. The van der Waals surface area contributed by atoms with E-state index in [1.165, 1.54) is 0 Å². The lowest BCUT2D eigenvalue weighted by atomic mass is 10.0. The summed E-state index contributed by atoms with van der Waals surface area (Å²) in [5, 5.41) is 0. The molecule has 2 fully saturated rings. The third-order valence-electron chi connectivity index (χ3n) is 4.57. The predicted molar refractivity (Wildman–Crippen MR) is 73.0 cm³/mol. The van der Waals surface area contributed by atoms with Gasteiger partial charge in [-0.25, -0.2) is 0 Å². The quantitative estimate of drug-likeness (QED) is 0.622. The van der Waals surface area contributed by atoms with Crippen LogP contribution in [-0.2, 0) is 9.59 Å². The summed E-state index contributed by atoms with van der Waals surface area (Å²) in [6.45, 7) is 5.66. The maximum atomic E-state index is 12.1. The molecule has 104 valence electrons. The number of nitrogens with zero attached hydrogens (tertiary/aromatic N) is 1. The zero-order valence-electron chi connectivity index (χ0n) is 11.8. The van der Waals surface area contributed by atoms with Crippen molar-refractivity contribution in [3.8, 4) is 0 Å². The van der Waals surface area contributed by atoms with Crippen LogP contribution in [0.25, 0.3) is 0 Å². The van der Waals surface area contributed by atoms with Crippen molar-refractivity contribution in [3.05, 3.63) is 35.4 Å². The summed E-state index contributed by atoms with van der Waals surface area (Å²) in [6, 6.07) is 7.16. The van der Waals surface area contributed by atoms with Crippen molar-refractivity contribution < 1.29 is 14.4 Å². The zero-order valence-corrected chi connectivity index (χ0v) is 11.8. The van der Waals surface area contributed by atoms with Crippen molar-refractivity contribution >= 4 is 17.6 Å². The van der Waals surface area contributed by atoms with E-state index in [9.17, 15) is 14.4 Å². The second-order valence-electron chi connectivity index (χ2n) is 6.33. The highest BCUT2D eigenvalue weighted by atomic mass is 16.2. The molecule has 3 rings (SSSR count). The Morgan fingerprint density at radius 2 is 1.60 bits per heavy atom. The summed E-state index contributed by atoms with van der Waals surface area (Å²) in [6.07, 6.45) is 0. The number of likely N-dealkylation sites (tertiary alicyclic amines) is 1. The Labute approximate surface area is 117 Å². The number of benzene rings is 1. The minimum Gasteiger partial charge on any atom is -0.292 e. The highest BCUT2D eigenvalue weighted by molar-refractivity contribution is 6.13. The van der Waals surface area contributed by atoms with Crippen LogP contribution in [0.3, 0.4) is 0 Å². The van der Waals surface area contributed by atoms with Gasteiger partial charge in [0.2, 0.25) is 11.8 Å². The molecule has 1 saturated carbocycles. The molecule has 2 atom stereocenters. The standard InChI is InChI=1S/C16H17NO3/c1-9-4-6-10(7-5-9)11(18)8-17-14(19)12-13(15(17)20)16(12,2)3/h4-7,12-13H,8H2,1-3H3. The Morgan fingerprint density at radius 1 is 1.10 bits per heavy atom. The zero-order chi connectivity index (χ0) is 14.7. The molecule has 20 heavy (non-hydrogen) atoms. The summed E-state index contributed by atoms with van der Waals surface area (Å²) >= 11 is 0. The lowest BCUT2D eigenvalue weighted by Crippen LogP contribution is -2.39. The average Bonchev–Trinajstić information content (AvgIpc) is 2.87. The van der Waals surface area contributed by atoms with Gasteiger partial charge >= 0.3 is 0 Å². The minimum atomic E-state index is -0.225. The first-order chi connectivity index (χ1) is 9.34. The molecule has 2 amide bonds. The van der Waals surface area contributed by atoms with Gasteiger partial charge in [-0.2, -0.15) is 0 Å². The molecule has 0 spiro atoms. The van der Waals surface area contributed by atoms with Crippen LogP contribution in [0, 0.1) is 24.2 Å². The van der Waals surface area contributed by atoms with E-state index in [0.29, 0.717) is 5.56 Å². The Morgan fingerprint density at radius 3 is 2.10 bits per heavy atom. The van der Waals surface area contributed by atoms with Crippen molar-refractivity contribution in [2.24, 2.45) is 17.3 Å². The van der Waals surface area contributed by atoms with Gasteiger partial charge in [-0.3, -0.25) is 19.3 Å². The van der Waals surface area contributed by atoms with E-state index in [1.807, 2.05) is 32.9 Å². The van der Waals surface area contributed by atoms with Gasteiger partial charge in [0.15, 0.2) is 5.78 Å². The van der Waals surface area contributed by atoms with Crippen LogP contribution >= 0.6 is 0 Å². The van der Waals surface area contributed by atoms with E-state index in [1.54, 1.807) is 12.1 Å². The van der Waals surface area contributed by atoms with Gasteiger partial charge in [0.05, 0.1) is 18.4 Å². The van der Waals surface area contributed by atoms with Gasteiger partial charge in [-0.05, 0) is 12.3 Å². The largest absolute Gasteiger partial charge is 0.292 e. The van der Waals surface area contributed by atoms with Gasteiger partial charge in [0.25, 0.3) is 0 Å². The molecule has 1 aliphatic heterocycles. The summed E-state index contributed by atoms with van der Waals surface area (Å²) < 4.78 is 0. The van der Waals surface area contributed by atoms with E-state index in [0.717, 1.165) is 10.5 Å². The number of aryl methyl sites for hydroxylation is 1. The normalized spacial score (nSPS) is 26.6. The Balaban J connectivity index is 1.74. The molecular weight excluding hydrogens is 254 g/mol. The number of fused-ring (bicyclic) bond motifs is 1. The molecule has 0 N–H and O–H groups in total. The lowest BCUT2D eigenvalue weighted by molar-refractivity contribution is -0.142. The Bertz CT molecular complexity index is 591. The number of hydrogen-bond acceptors (Lipinski definition) is 3. The first kappa shape index (κ1) is 13.0. The maximum Gasteiger partial charge on any atom is 0.234 e. The second kappa shape index (κ2) is 4.01. The van der Waals surface area contributed by atoms with Crippen molar-refractivity contribution in [1.29, 1.82) is 0 Å². The first-order valence-corrected chi connectivity index (χ1v) is 6.79.